The zero-order valence-electron chi connectivity index (χ0n) is 15.3. The highest BCUT2D eigenvalue weighted by atomic mass is 16.5. The van der Waals surface area contributed by atoms with Crippen LogP contribution >= 0.6 is 0 Å². The molecule has 0 aliphatic rings. The van der Waals surface area contributed by atoms with E-state index in [0.717, 1.165) is 61.3 Å². The van der Waals surface area contributed by atoms with Gasteiger partial charge in [0.25, 0.3) is 0 Å². The summed E-state index contributed by atoms with van der Waals surface area (Å²) in [5, 5.41) is 8.11. The number of aryl methyl sites for hydroxylation is 2. The van der Waals surface area contributed by atoms with Crippen molar-refractivity contribution in [1.82, 2.24) is 10.5 Å². The van der Waals surface area contributed by atoms with Crippen LogP contribution in [0.15, 0.2) is 33.3 Å². The maximum absolute atomic E-state index is 6.03. The normalized spacial score (nSPS) is 11.2. The summed E-state index contributed by atoms with van der Waals surface area (Å²) < 4.78 is 14.0. The van der Waals surface area contributed by atoms with Crippen LogP contribution in [-0.4, -0.2) is 10.5 Å². The minimum Gasteiger partial charge on any atom is -0.362 e. The van der Waals surface area contributed by atoms with Crippen LogP contribution in [0.2, 0.25) is 0 Å². The van der Waals surface area contributed by atoms with Gasteiger partial charge in [0.2, 0.25) is 10.5 Å². The molecule has 8 heteroatoms. The van der Waals surface area contributed by atoms with Crippen LogP contribution in [0, 0.1) is 0 Å². The highest BCUT2D eigenvalue weighted by Crippen LogP contribution is 2.28. The summed E-state index contributed by atoms with van der Waals surface area (Å²) >= 11 is 0. The number of aromatic nitrogens is 4. The van der Waals surface area contributed by atoms with Crippen molar-refractivity contribution in [3.63, 3.8) is 0 Å². The molecule has 0 bridgehead atoms. The second-order valence-corrected chi connectivity index (χ2v) is 6.31. The second-order valence-electron chi connectivity index (χ2n) is 6.31. The van der Waals surface area contributed by atoms with Crippen LogP contribution < -0.4 is 20.8 Å². The van der Waals surface area contributed by atoms with E-state index in [9.17, 15) is 0 Å². The number of rotatable bonds is 8. The Morgan fingerprint density at radius 3 is 1.73 bits per heavy atom. The Morgan fingerprint density at radius 2 is 1.31 bits per heavy atom. The van der Waals surface area contributed by atoms with Crippen molar-refractivity contribution in [2.75, 3.05) is 11.5 Å². The lowest BCUT2D eigenvalue weighted by molar-refractivity contribution is -0.753. The maximum Gasteiger partial charge on any atom is 0.304 e. The second kappa shape index (κ2) is 7.99. The van der Waals surface area contributed by atoms with E-state index in [1.165, 1.54) is 0 Å². The SMILES string of the molecule is CCCC[n+]1noc(N)c1-c1cccc(-c2c(N)on[n+]2CCCC)c1. The summed E-state index contributed by atoms with van der Waals surface area (Å²) in [5.41, 5.74) is 15.4. The number of nitrogen functional groups attached to an aromatic ring is 2. The van der Waals surface area contributed by atoms with Crippen LogP contribution in [0.5, 0.6) is 0 Å². The molecule has 26 heavy (non-hydrogen) atoms. The van der Waals surface area contributed by atoms with Crippen molar-refractivity contribution >= 4 is 11.8 Å². The number of nitrogens with two attached hydrogens (primary N) is 2. The Kier molecular flexibility index (Phi) is 5.50. The van der Waals surface area contributed by atoms with Gasteiger partial charge in [-0.25, -0.2) is 0 Å². The number of unbranched alkanes of at least 4 members (excludes halogenated alkanes) is 2. The maximum atomic E-state index is 6.03. The molecule has 0 saturated carbocycles. The van der Waals surface area contributed by atoms with Crippen LogP contribution in [0.4, 0.5) is 11.8 Å². The zero-order valence-corrected chi connectivity index (χ0v) is 15.3. The molecule has 0 unspecified atom stereocenters. The average molecular weight is 358 g/mol. The Bertz CT molecular complexity index is 803. The smallest absolute Gasteiger partial charge is 0.304 e. The van der Waals surface area contributed by atoms with Crippen LogP contribution in [-0.2, 0) is 13.1 Å². The van der Waals surface area contributed by atoms with Crippen molar-refractivity contribution in [3.8, 4) is 22.5 Å². The van der Waals surface area contributed by atoms with Gasteiger partial charge in [-0.2, -0.15) is 0 Å². The molecule has 2 aromatic heterocycles. The standard InChI is InChI=1S/C18H26N6O2/c1-3-5-10-23-15(17(19)25-21-23)13-8-7-9-14(12-13)16-18(20)26-22-24(16)11-6-4-2/h7-9,12H,3-6,10-11,19-20H2,1-2H3/q+2. The number of benzene rings is 1. The molecule has 3 aromatic rings. The number of anilines is 2. The summed E-state index contributed by atoms with van der Waals surface area (Å²) in [6.07, 6.45) is 4.12. The van der Waals surface area contributed by atoms with Gasteiger partial charge in [-0.1, -0.05) is 32.8 Å². The molecule has 2 heterocycles. The van der Waals surface area contributed by atoms with Crippen molar-refractivity contribution in [3.05, 3.63) is 24.3 Å². The molecule has 0 spiro atoms. The minimum atomic E-state index is 0.301. The van der Waals surface area contributed by atoms with Crippen LogP contribution in [0.3, 0.4) is 0 Å². The molecule has 0 radical (unpaired) electrons. The lowest BCUT2D eigenvalue weighted by Crippen LogP contribution is -2.38. The molecule has 0 amide bonds. The van der Waals surface area contributed by atoms with Gasteiger partial charge in [-0.3, -0.25) is 9.05 Å². The topological polar surface area (TPSA) is 112 Å². The summed E-state index contributed by atoms with van der Waals surface area (Å²) in [5.74, 6) is 0.603. The predicted molar refractivity (Wildman–Crippen MR) is 96.5 cm³/mol. The first-order chi connectivity index (χ1) is 12.7. The predicted octanol–water partition coefficient (Wildman–Crippen LogP) is 2.34. The van der Waals surface area contributed by atoms with Gasteiger partial charge in [-0.05, 0) is 27.6 Å². The van der Waals surface area contributed by atoms with Gasteiger partial charge in [0.05, 0.1) is 11.1 Å². The lowest BCUT2D eigenvalue weighted by atomic mass is 10.1. The van der Waals surface area contributed by atoms with E-state index in [-0.39, 0.29) is 0 Å². The summed E-state index contributed by atoms with van der Waals surface area (Å²) in [6, 6.07) is 7.93. The summed E-state index contributed by atoms with van der Waals surface area (Å²) in [7, 11) is 0. The molecular weight excluding hydrogens is 332 g/mol. The van der Waals surface area contributed by atoms with E-state index in [4.69, 9.17) is 20.5 Å². The molecule has 0 aliphatic heterocycles. The molecule has 0 saturated heterocycles. The fourth-order valence-corrected chi connectivity index (χ4v) is 2.93. The fraction of sp³-hybridized carbons (Fsp3) is 0.444. The summed E-state index contributed by atoms with van der Waals surface area (Å²) in [6.45, 7) is 5.77. The molecule has 1 aromatic carbocycles. The molecular formula is C18H26N6O2+2. The Labute approximate surface area is 152 Å². The van der Waals surface area contributed by atoms with E-state index in [1.807, 2.05) is 24.3 Å². The molecule has 8 nitrogen and oxygen atoms in total. The zero-order chi connectivity index (χ0) is 18.5. The quantitative estimate of drug-likeness (QED) is 0.598. The van der Waals surface area contributed by atoms with Gasteiger partial charge < -0.3 is 11.5 Å². The third-order valence-corrected chi connectivity index (χ3v) is 4.31. The first kappa shape index (κ1) is 17.9. The van der Waals surface area contributed by atoms with E-state index >= 15 is 0 Å². The van der Waals surface area contributed by atoms with E-state index in [0.29, 0.717) is 11.8 Å². The van der Waals surface area contributed by atoms with Gasteiger partial charge in [0.15, 0.2) is 13.1 Å². The molecule has 3 rings (SSSR count). The Balaban J connectivity index is 2.01. The van der Waals surface area contributed by atoms with Crippen LogP contribution in [0.25, 0.3) is 22.5 Å². The fourth-order valence-electron chi connectivity index (χ4n) is 2.93. The van der Waals surface area contributed by atoms with Crippen molar-refractivity contribution in [2.45, 2.75) is 52.6 Å². The average Bonchev–Trinajstić information content (AvgIpc) is 3.20. The van der Waals surface area contributed by atoms with Crippen molar-refractivity contribution in [1.29, 1.82) is 0 Å². The molecule has 0 aliphatic carbocycles. The lowest BCUT2D eigenvalue weighted by Gasteiger charge is -2.00. The largest absolute Gasteiger partial charge is 0.362 e. The molecule has 0 fully saturated rings. The van der Waals surface area contributed by atoms with Gasteiger partial charge >= 0.3 is 23.2 Å². The van der Waals surface area contributed by atoms with Crippen molar-refractivity contribution in [2.24, 2.45) is 0 Å². The first-order valence-electron chi connectivity index (χ1n) is 9.07. The Hall–Kier alpha value is -2.90. The highest BCUT2D eigenvalue weighted by Gasteiger charge is 2.28. The third kappa shape index (κ3) is 3.54. The Morgan fingerprint density at radius 1 is 0.846 bits per heavy atom. The molecule has 4 N–H and O–H groups in total. The van der Waals surface area contributed by atoms with Crippen molar-refractivity contribution < 1.29 is 18.4 Å². The summed E-state index contributed by atoms with van der Waals surface area (Å²) in [4.78, 5) is 0. The first-order valence-corrected chi connectivity index (χ1v) is 9.07. The van der Waals surface area contributed by atoms with Crippen LogP contribution in [0.1, 0.15) is 39.5 Å². The van der Waals surface area contributed by atoms with Gasteiger partial charge in [-0.15, -0.1) is 0 Å². The van der Waals surface area contributed by atoms with Gasteiger partial charge in [0, 0.05) is 12.8 Å². The number of nitrogens with zero attached hydrogens (tertiary/aromatic N) is 4. The van der Waals surface area contributed by atoms with E-state index < -0.39 is 0 Å². The highest BCUT2D eigenvalue weighted by molar-refractivity contribution is 5.74. The number of hydrogen-bond acceptors (Lipinski definition) is 6. The molecule has 138 valence electrons. The molecule has 0 atom stereocenters. The monoisotopic (exact) mass is 358 g/mol. The third-order valence-electron chi connectivity index (χ3n) is 4.31. The van der Waals surface area contributed by atoms with Gasteiger partial charge in [0.1, 0.15) is 0 Å². The van der Waals surface area contributed by atoms with E-state index in [2.05, 4.69) is 24.4 Å². The number of hydrogen-bond donors (Lipinski definition) is 2. The minimum absolute atomic E-state index is 0.301. The van der Waals surface area contributed by atoms with E-state index in [1.54, 1.807) is 9.36 Å².